The zero-order chi connectivity index (χ0) is 25.2. The van der Waals surface area contributed by atoms with Crippen LogP contribution < -0.4 is 20.7 Å². The number of carbonyl (C=O) groups is 1. The third-order valence-electron chi connectivity index (χ3n) is 5.05. The van der Waals surface area contributed by atoms with Gasteiger partial charge in [-0.05, 0) is 36.8 Å². The molecule has 0 saturated heterocycles. The molecular formula is C21H20F3N7O3S. The molecule has 35 heavy (non-hydrogen) atoms. The van der Waals surface area contributed by atoms with Crippen LogP contribution in [0.1, 0.15) is 23.6 Å². The van der Waals surface area contributed by atoms with E-state index in [0.717, 1.165) is 5.56 Å². The van der Waals surface area contributed by atoms with Crippen molar-refractivity contribution in [2.45, 2.75) is 26.1 Å². The van der Waals surface area contributed by atoms with E-state index >= 15 is 0 Å². The number of anilines is 5. The summed E-state index contributed by atoms with van der Waals surface area (Å²) in [4.78, 5) is 23.3. The van der Waals surface area contributed by atoms with Gasteiger partial charge < -0.3 is 16.0 Å². The third kappa shape index (κ3) is 5.77. The second-order valence-corrected chi connectivity index (χ2v) is 9.56. The number of carbonyl (C=O) groups excluding carboxylic acids is 1. The van der Waals surface area contributed by atoms with E-state index in [-0.39, 0.29) is 36.4 Å². The van der Waals surface area contributed by atoms with Crippen LogP contribution in [0.4, 0.5) is 42.1 Å². The highest BCUT2D eigenvalue weighted by molar-refractivity contribution is 7.92. The van der Waals surface area contributed by atoms with Crippen LogP contribution in [-0.4, -0.2) is 35.0 Å². The van der Waals surface area contributed by atoms with Crippen molar-refractivity contribution in [3.05, 3.63) is 59.4 Å². The highest BCUT2D eigenvalue weighted by Gasteiger charge is 2.35. The van der Waals surface area contributed by atoms with Crippen molar-refractivity contribution < 1.29 is 26.4 Å². The maximum absolute atomic E-state index is 13.6. The fourth-order valence-electron chi connectivity index (χ4n) is 3.29. The number of hydrogen-bond donors (Lipinski definition) is 4. The number of sulfonamides is 1. The summed E-state index contributed by atoms with van der Waals surface area (Å²) in [6.07, 6.45) is -2.52. The molecule has 0 bridgehead atoms. The first-order chi connectivity index (χ1) is 16.5. The Balaban J connectivity index is 1.58. The summed E-state index contributed by atoms with van der Waals surface area (Å²) in [7, 11) is -3.64. The Morgan fingerprint density at radius 1 is 1.14 bits per heavy atom. The van der Waals surface area contributed by atoms with E-state index in [4.69, 9.17) is 0 Å². The zero-order valence-electron chi connectivity index (χ0n) is 18.3. The summed E-state index contributed by atoms with van der Waals surface area (Å²) in [5.41, 5.74) is 1.13. The SMILES string of the molecule is CCS(=O)(=O)Nc1ncccc1CNc1nc(Nc2ccc3c(c2)CC(=O)N3)ncc1C(F)(F)F. The van der Waals surface area contributed by atoms with Crippen molar-refractivity contribution in [2.75, 3.05) is 26.4 Å². The predicted molar refractivity (Wildman–Crippen MR) is 124 cm³/mol. The molecule has 3 heterocycles. The van der Waals surface area contributed by atoms with Gasteiger partial charge in [0.15, 0.2) is 0 Å². The summed E-state index contributed by atoms with van der Waals surface area (Å²) in [5, 5.41) is 8.15. The lowest BCUT2D eigenvalue weighted by atomic mass is 10.1. The van der Waals surface area contributed by atoms with Gasteiger partial charge in [-0.2, -0.15) is 18.2 Å². The minimum Gasteiger partial charge on any atom is -0.365 e. The summed E-state index contributed by atoms with van der Waals surface area (Å²) in [6.45, 7) is 1.26. The normalized spacial score (nSPS) is 13.2. The van der Waals surface area contributed by atoms with Gasteiger partial charge in [-0.1, -0.05) is 6.07 Å². The lowest BCUT2D eigenvalue weighted by molar-refractivity contribution is -0.137. The molecule has 1 aliphatic rings. The summed E-state index contributed by atoms with van der Waals surface area (Å²) >= 11 is 0. The molecule has 4 rings (SSSR count). The number of rotatable bonds is 8. The van der Waals surface area contributed by atoms with Crippen molar-refractivity contribution in [3.8, 4) is 0 Å². The van der Waals surface area contributed by atoms with E-state index in [1.807, 2.05) is 0 Å². The fourth-order valence-corrected chi connectivity index (χ4v) is 3.91. The van der Waals surface area contributed by atoms with Gasteiger partial charge in [-0.3, -0.25) is 9.52 Å². The van der Waals surface area contributed by atoms with E-state index in [9.17, 15) is 26.4 Å². The number of fused-ring (bicyclic) bond motifs is 1. The minimum absolute atomic E-state index is 0.00381. The van der Waals surface area contributed by atoms with Crippen LogP contribution in [0, 0.1) is 0 Å². The maximum Gasteiger partial charge on any atom is 0.421 e. The molecule has 4 N–H and O–H groups in total. The Hall–Kier alpha value is -3.94. The molecule has 1 aromatic carbocycles. The molecule has 1 aliphatic heterocycles. The number of aromatic nitrogens is 3. The number of amides is 1. The molecule has 10 nitrogen and oxygen atoms in total. The Labute approximate surface area is 198 Å². The van der Waals surface area contributed by atoms with Crippen molar-refractivity contribution in [3.63, 3.8) is 0 Å². The van der Waals surface area contributed by atoms with E-state index in [0.29, 0.717) is 23.1 Å². The Morgan fingerprint density at radius 2 is 1.94 bits per heavy atom. The average Bonchev–Trinajstić information content (AvgIpc) is 3.17. The topological polar surface area (TPSA) is 138 Å². The molecule has 3 aromatic rings. The molecule has 0 saturated carbocycles. The molecular weight excluding hydrogens is 487 g/mol. The highest BCUT2D eigenvalue weighted by Crippen LogP contribution is 2.35. The lowest BCUT2D eigenvalue weighted by Crippen LogP contribution is -2.18. The Kier molecular flexibility index (Phi) is 6.47. The van der Waals surface area contributed by atoms with Crippen molar-refractivity contribution in [1.29, 1.82) is 0 Å². The Bertz CT molecular complexity index is 1380. The predicted octanol–water partition coefficient (Wildman–Crippen LogP) is 3.50. The highest BCUT2D eigenvalue weighted by atomic mass is 32.2. The van der Waals surface area contributed by atoms with Gasteiger partial charge in [-0.15, -0.1) is 0 Å². The number of alkyl halides is 3. The first-order valence-electron chi connectivity index (χ1n) is 10.4. The maximum atomic E-state index is 13.6. The summed E-state index contributed by atoms with van der Waals surface area (Å²) in [5.74, 6) is -0.936. The molecule has 0 radical (unpaired) electrons. The van der Waals surface area contributed by atoms with Crippen LogP contribution in [-0.2, 0) is 34.0 Å². The van der Waals surface area contributed by atoms with Crippen LogP contribution >= 0.6 is 0 Å². The third-order valence-corrected chi connectivity index (χ3v) is 6.31. The van der Waals surface area contributed by atoms with E-state index in [2.05, 4.69) is 35.6 Å². The number of halogens is 3. The summed E-state index contributed by atoms with van der Waals surface area (Å²) in [6, 6.07) is 8.06. The van der Waals surface area contributed by atoms with Crippen molar-refractivity contribution in [1.82, 2.24) is 15.0 Å². The minimum atomic E-state index is -4.73. The second-order valence-electron chi connectivity index (χ2n) is 7.55. The zero-order valence-corrected chi connectivity index (χ0v) is 19.1. The smallest absolute Gasteiger partial charge is 0.365 e. The van der Waals surface area contributed by atoms with Gasteiger partial charge in [0.1, 0.15) is 17.2 Å². The fraction of sp³-hybridized carbons (Fsp3) is 0.238. The van der Waals surface area contributed by atoms with Crippen LogP contribution in [0.5, 0.6) is 0 Å². The van der Waals surface area contributed by atoms with Crippen molar-refractivity contribution in [2.24, 2.45) is 0 Å². The largest absolute Gasteiger partial charge is 0.421 e. The monoisotopic (exact) mass is 507 g/mol. The molecule has 2 aromatic heterocycles. The Morgan fingerprint density at radius 3 is 2.69 bits per heavy atom. The van der Waals surface area contributed by atoms with Gasteiger partial charge in [-0.25, -0.2) is 18.4 Å². The van der Waals surface area contributed by atoms with E-state index < -0.39 is 27.6 Å². The number of nitrogens with one attached hydrogen (secondary N) is 4. The van der Waals surface area contributed by atoms with Crippen LogP contribution in [0.15, 0.2) is 42.7 Å². The van der Waals surface area contributed by atoms with E-state index in [1.54, 1.807) is 18.2 Å². The molecule has 0 unspecified atom stereocenters. The quantitative estimate of drug-likeness (QED) is 0.364. The molecule has 14 heteroatoms. The first kappa shape index (κ1) is 24.2. The van der Waals surface area contributed by atoms with Gasteiger partial charge in [0.25, 0.3) is 0 Å². The van der Waals surface area contributed by atoms with Crippen LogP contribution in [0.2, 0.25) is 0 Å². The average molecular weight is 507 g/mol. The lowest BCUT2D eigenvalue weighted by Gasteiger charge is -2.16. The standard InChI is InChI=1S/C21H20F3N7O3S/c1-2-35(33,34)31-18-12(4-3-7-25-18)10-26-19-15(21(22,23)24)11-27-20(30-19)28-14-5-6-16-13(8-14)9-17(32)29-16/h3-8,11H,2,9-10H2,1H3,(H,25,31)(H,29,32)(H2,26,27,28,30). The van der Waals surface area contributed by atoms with Gasteiger partial charge in [0, 0.05) is 35.9 Å². The molecule has 184 valence electrons. The molecule has 0 aliphatic carbocycles. The molecule has 0 atom stereocenters. The van der Waals surface area contributed by atoms with E-state index in [1.165, 1.54) is 25.3 Å². The first-order valence-corrected chi connectivity index (χ1v) is 12.0. The van der Waals surface area contributed by atoms with Crippen LogP contribution in [0.3, 0.4) is 0 Å². The number of pyridine rings is 1. The van der Waals surface area contributed by atoms with Gasteiger partial charge >= 0.3 is 6.18 Å². The van der Waals surface area contributed by atoms with Gasteiger partial charge in [0.05, 0.1) is 12.2 Å². The molecule has 0 fully saturated rings. The summed E-state index contributed by atoms with van der Waals surface area (Å²) < 4.78 is 66.9. The number of hydrogen-bond acceptors (Lipinski definition) is 8. The van der Waals surface area contributed by atoms with Gasteiger partial charge in [0.2, 0.25) is 21.9 Å². The second kappa shape index (κ2) is 9.37. The number of benzene rings is 1. The van der Waals surface area contributed by atoms with Crippen molar-refractivity contribution >= 4 is 44.9 Å². The number of nitrogens with zero attached hydrogens (tertiary/aromatic N) is 3. The molecule has 1 amide bonds. The molecule has 0 spiro atoms. The van der Waals surface area contributed by atoms with Crippen LogP contribution in [0.25, 0.3) is 0 Å².